The monoisotopic (exact) mass is 136 g/mol. The number of imidazole rings is 1. The molecule has 0 saturated heterocycles. The summed E-state index contributed by atoms with van der Waals surface area (Å²) >= 11 is 0. The summed E-state index contributed by atoms with van der Waals surface area (Å²) in [5, 5.41) is 1.98. The SMILES string of the molecule is Cn1c(=O)[nH]c2c1=CCC=2. The summed E-state index contributed by atoms with van der Waals surface area (Å²) in [6, 6.07) is 0. The molecule has 52 valence electrons. The van der Waals surface area contributed by atoms with Gasteiger partial charge >= 0.3 is 5.69 Å². The summed E-state index contributed by atoms with van der Waals surface area (Å²) < 4.78 is 1.62. The van der Waals surface area contributed by atoms with Crippen molar-refractivity contribution in [3.05, 3.63) is 21.2 Å². The number of H-pyrrole nitrogens is 1. The minimum atomic E-state index is -0.0304. The quantitative estimate of drug-likeness (QED) is 0.472. The van der Waals surface area contributed by atoms with Crippen molar-refractivity contribution in [2.45, 2.75) is 6.42 Å². The Hall–Kier alpha value is -1.25. The first-order valence-electron chi connectivity index (χ1n) is 3.24. The van der Waals surface area contributed by atoms with Gasteiger partial charge in [-0.05, 0) is 6.42 Å². The molecular weight excluding hydrogens is 128 g/mol. The Kier molecular flexibility index (Phi) is 0.897. The largest absolute Gasteiger partial charge is 0.326 e. The molecule has 0 fully saturated rings. The molecule has 10 heavy (non-hydrogen) atoms. The molecule has 0 radical (unpaired) electrons. The zero-order chi connectivity index (χ0) is 7.14. The summed E-state index contributed by atoms with van der Waals surface area (Å²) in [4.78, 5) is 13.7. The van der Waals surface area contributed by atoms with E-state index in [1.165, 1.54) is 0 Å². The molecule has 1 aromatic heterocycles. The Bertz CT molecular complexity index is 421. The summed E-state index contributed by atoms with van der Waals surface area (Å²) in [7, 11) is 1.77. The molecule has 0 unspecified atom stereocenters. The van der Waals surface area contributed by atoms with Gasteiger partial charge in [0.05, 0.1) is 10.7 Å². The molecule has 1 aliphatic rings. The predicted molar refractivity (Wildman–Crippen MR) is 38.8 cm³/mol. The highest BCUT2D eigenvalue weighted by atomic mass is 16.1. The van der Waals surface area contributed by atoms with Crippen molar-refractivity contribution in [2.75, 3.05) is 0 Å². The smallest absolute Gasteiger partial charge is 0.306 e. The van der Waals surface area contributed by atoms with Gasteiger partial charge in [-0.3, -0.25) is 4.57 Å². The van der Waals surface area contributed by atoms with E-state index in [1.54, 1.807) is 11.6 Å². The van der Waals surface area contributed by atoms with Crippen molar-refractivity contribution in [1.29, 1.82) is 0 Å². The van der Waals surface area contributed by atoms with Crippen LogP contribution in [0.3, 0.4) is 0 Å². The normalized spacial score (nSPS) is 14.1. The van der Waals surface area contributed by atoms with Crippen molar-refractivity contribution < 1.29 is 0 Å². The van der Waals surface area contributed by atoms with Gasteiger partial charge in [-0.1, -0.05) is 12.2 Å². The third-order valence-corrected chi connectivity index (χ3v) is 1.82. The van der Waals surface area contributed by atoms with Crippen LogP contribution in [0.4, 0.5) is 0 Å². The third kappa shape index (κ3) is 0.518. The minimum absolute atomic E-state index is 0.0304. The second kappa shape index (κ2) is 1.62. The van der Waals surface area contributed by atoms with Crippen LogP contribution in [-0.2, 0) is 7.05 Å². The zero-order valence-corrected chi connectivity index (χ0v) is 5.72. The van der Waals surface area contributed by atoms with Crippen LogP contribution < -0.4 is 16.4 Å². The summed E-state index contributed by atoms with van der Waals surface area (Å²) in [5.74, 6) is 0. The standard InChI is InChI=1S/C7H8N2O/c1-9-6-4-2-3-5(6)8-7(9)10/h3-4H,2H2,1H3,(H,8,10). The lowest BCUT2D eigenvalue weighted by Crippen LogP contribution is -2.27. The second-order valence-electron chi connectivity index (χ2n) is 2.43. The highest BCUT2D eigenvalue weighted by molar-refractivity contribution is 5.42. The Balaban J connectivity index is 3.11. The number of fused-ring (bicyclic) bond motifs is 1. The Labute approximate surface area is 57.3 Å². The van der Waals surface area contributed by atoms with Crippen molar-refractivity contribution in [3.63, 3.8) is 0 Å². The summed E-state index contributed by atoms with van der Waals surface area (Å²) in [6.45, 7) is 0. The topological polar surface area (TPSA) is 37.8 Å². The van der Waals surface area contributed by atoms with E-state index in [1.807, 2.05) is 12.2 Å². The highest BCUT2D eigenvalue weighted by Crippen LogP contribution is 1.83. The van der Waals surface area contributed by atoms with Crippen molar-refractivity contribution in [1.82, 2.24) is 9.55 Å². The maximum Gasteiger partial charge on any atom is 0.326 e. The molecule has 0 aromatic carbocycles. The van der Waals surface area contributed by atoms with Crippen LogP contribution in [0.1, 0.15) is 6.42 Å². The molecule has 3 heteroatoms. The molecule has 2 rings (SSSR count). The number of hydrogen-bond donors (Lipinski definition) is 1. The van der Waals surface area contributed by atoms with Gasteiger partial charge in [0.25, 0.3) is 0 Å². The molecule has 1 N–H and O–H groups in total. The predicted octanol–water partition coefficient (Wildman–Crippen LogP) is -1.32. The van der Waals surface area contributed by atoms with Crippen molar-refractivity contribution >= 4 is 12.2 Å². The third-order valence-electron chi connectivity index (χ3n) is 1.82. The number of aromatic nitrogens is 2. The molecule has 0 aliphatic heterocycles. The van der Waals surface area contributed by atoms with E-state index in [9.17, 15) is 4.79 Å². The number of aromatic amines is 1. The van der Waals surface area contributed by atoms with Crippen LogP contribution >= 0.6 is 0 Å². The second-order valence-corrected chi connectivity index (χ2v) is 2.43. The van der Waals surface area contributed by atoms with Gasteiger partial charge in [-0.2, -0.15) is 0 Å². The number of hydrogen-bond acceptors (Lipinski definition) is 1. The molecule has 0 bridgehead atoms. The highest BCUT2D eigenvalue weighted by Gasteiger charge is 1.99. The van der Waals surface area contributed by atoms with Gasteiger partial charge in [0, 0.05) is 7.05 Å². The first-order chi connectivity index (χ1) is 4.79. The fraction of sp³-hybridized carbons (Fsp3) is 0.286. The lowest BCUT2D eigenvalue weighted by molar-refractivity contribution is 0.835. The fourth-order valence-corrected chi connectivity index (χ4v) is 1.24. The number of rotatable bonds is 0. The van der Waals surface area contributed by atoms with Crippen LogP contribution in [0.15, 0.2) is 4.79 Å². The van der Waals surface area contributed by atoms with E-state index in [-0.39, 0.29) is 5.69 Å². The Morgan fingerprint density at radius 3 is 3.10 bits per heavy atom. The van der Waals surface area contributed by atoms with Crippen LogP contribution in [0.2, 0.25) is 0 Å². The van der Waals surface area contributed by atoms with Gasteiger partial charge in [-0.25, -0.2) is 4.79 Å². The first-order valence-corrected chi connectivity index (χ1v) is 3.24. The zero-order valence-electron chi connectivity index (χ0n) is 5.72. The van der Waals surface area contributed by atoms with Crippen molar-refractivity contribution in [2.24, 2.45) is 7.05 Å². The van der Waals surface area contributed by atoms with Gasteiger partial charge in [0.1, 0.15) is 0 Å². The Morgan fingerprint density at radius 1 is 1.60 bits per heavy atom. The molecule has 0 saturated carbocycles. The lowest BCUT2D eigenvalue weighted by Gasteiger charge is -1.82. The van der Waals surface area contributed by atoms with E-state index in [2.05, 4.69) is 4.98 Å². The van der Waals surface area contributed by atoms with E-state index >= 15 is 0 Å². The van der Waals surface area contributed by atoms with Crippen LogP contribution in [-0.4, -0.2) is 9.55 Å². The molecule has 1 heterocycles. The van der Waals surface area contributed by atoms with Gasteiger partial charge in [-0.15, -0.1) is 0 Å². The van der Waals surface area contributed by atoms with Crippen LogP contribution in [0, 0.1) is 0 Å². The molecule has 0 amide bonds. The number of nitrogens with one attached hydrogen (secondary N) is 1. The first kappa shape index (κ1) is 5.53. The van der Waals surface area contributed by atoms with E-state index in [4.69, 9.17) is 0 Å². The summed E-state index contributed by atoms with van der Waals surface area (Å²) in [6.07, 6.45) is 4.99. The van der Waals surface area contributed by atoms with Gasteiger partial charge < -0.3 is 4.98 Å². The number of nitrogens with zero attached hydrogens (tertiary/aromatic N) is 1. The Morgan fingerprint density at radius 2 is 2.40 bits per heavy atom. The van der Waals surface area contributed by atoms with Crippen LogP contribution in [0.5, 0.6) is 0 Å². The minimum Gasteiger partial charge on any atom is -0.306 e. The maximum absolute atomic E-state index is 10.9. The summed E-state index contributed by atoms with van der Waals surface area (Å²) in [5.41, 5.74) is -0.0304. The van der Waals surface area contributed by atoms with E-state index < -0.39 is 0 Å². The fourth-order valence-electron chi connectivity index (χ4n) is 1.24. The lowest BCUT2D eigenvalue weighted by atomic mass is 10.5. The molecule has 0 spiro atoms. The molecule has 1 aliphatic carbocycles. The van der Waals surface area contributed by atoms with Crippen molar-refractivity contribution in [3.8, 4) is 0 Å². The van der Waals surface area contributed by atoms with Gasteiger partial charge in [0.2, 0.25) is 0 Å². The average molecular weight is 136 g/mol. The molecule has 3 nitrogen and oxygen atoms in total. The van der Waals surface area contributed by atoms with Gasteiger partial charge in [0.15, 0.2) is 0 Å². The average Bonchev–Trinajstić information content (AvgIpc) is 2.41. The van der Waals surface area contributed by atoms with Crippen LogP contribution in [0.25, 0.3) is 12.2 Å². The molecule has 0 atom stereocenters. The van der Waals surface area contributed by atoms with E-state index in [0.717, 1.165) is 17.1 Å². The van der Waals surface area contributed by atoms with E-state index in [0.29, 0.717) is 0 Å². The molecule has 1 aromatic rings. The molecular formula is C7H8N2O. The maximum atomic E-state index is 10.9.